The van der Waals surface area contributed by atoms with Crippen molar-refractivity contribution in [1.29, 1.82) is 0 Å². The Balaban J connectivity index is 1.24. The molecule has 0 unspecified atom stereocenters. The lowest BCUT2D eigenvalue weighted by atomic mass is 9.88. The number of nitrogens with one attached hydrogen (secondary N) is 1. The first-order valence-corrected chi connectivity index (χ1v) is 10.2. The predicted octanol–water partition coefficient (Wildman–Crippen LogP) is 3.57. The van der Waals surface area contributed by atoms with Gasteiger partial charge in [-0.3, -0.25) is 4.90 Å². The summed E-state index contributed by atoms with van der Waals surface area (Å²) in [5.74, 6) is 0.234. The van der Waals surface area contributed by atoms with Crippen LogP contribution in [0.1, 0.15) is 34.7 Å². The summed E-state index contributed by atoms with van der Waals surface area (Å²) in [7, 11) is 1.34. The van der Waals surface area contributed by atoms with Crippen molar-refractivity contribution in [3.8, 4) is 0 Å². The van der Waals surface area contributed by atoms with Gasteiger partial charge in [-0.25, -0.2) is 9.59 Å². The van der Waals surface area contributed by atoms with Gasteiger partial charge in [0.2, 0.25) is 0 Å². The number of nitrogens with zero attached hydrogens (tertiary/aromatic N) is 2. The zero-order valence-corrected chi connectivity index (χ0v) is 16.7. The largest absolute Gasteiger partial charge is 0.465 e. The SMILES string of the molecule is COC(=O)c1cccc(NC(=O)N2CC(N3CCC(c4ccccc4)CC3)C2)c1. The summed E-state index contributed by atoms with van der Waals surface area (Å²) in [6, 6.07) is 17.9. The number of carbonyl (C=O) groups is 2. The molecule has 29 heavy (non-hydrogen) atoms. The lowest BCUT2D eigenvalue weighted by Crippen LogP contribution is -2.62. The molecule has 2 aliphatic heterocycles. The monoisotopic (exact) mass is 393 g/mol. The number of hydrogen-bond acceptors (Lipinski definition) is 4. The zero-order chi connectivity index (χ0) is 20.2. The third kappa shape index (κ3) is 4.43. The van der Waals surface area contributed by atoms with Crippen LogP contribution in [0.5, 0.6) is 0 Å². The predicted molar refractivity (Wildman–Crippen MR) is 112 cm³/mol. The molecule has 2 aromatic rings. The van der Waals surface area contributed by atoms with Crippen molar-refractivity contribution in [2.45, 2.75) is 24.8 Å². The summed E-state index contributed by atoms with van der Waals surface area (Å²) in [5, 5.41) is 2.88. The lowest BCUT2D eigenvalue weighted by molar-refractivity contribution is 0.0453. The first-order valence-electron chi connectivity index (χ1n) is 10.2. The number of methoxy groups -OCH3 is 1. The van der Waals surface area contributed by atoms with Crippen LogP contribution in [-0.2, 0) is 4.74 Å². The fourth-order valence-electron chi connectivity index (χ4n) is 4.22. The molecule has 2 saturated heterocycles. The standard InChI is InChI=1S/C23H27N3O3/c1-29-22(27)19-8-5-9-20(14-19)24-23(28)26-15-21(16-26)25-12-10-18(11-13-25)17-6-3-2-4-7-17/h2-9,14,18,21H,10-13,15-16H2,1H3,(H,24,28). The molecular formula is C23H27N3O3. The van der Waals surface area contributed by atoms with E-state index in [-0.39, 0.29) is 6.03 Å². The highest BCUT2D eigenvalue weighted by Crippen LogP contribution is 2.30. The van der Waals surface area contributed by atoms with Gasteiger partial charge in [-0.15, -0.1) is 0 Å². The van der Waals surface area contributed by atoms with E-state index in [1.165, 1.54) is 25.5 Å². The summed E-state index contributed by atoms with van der Waals surface area (Å²) in [4.78, 5) is 28.5. The molecule has 152 valence electrons. The van der Waals surface area contributed by atoms with Crippen molar-refractivity contribution in [2.75, 3.05) is 38.6 Å². The van der Waals surface area contributed by atoms with Crippen molar-refractivity contribution in [2.24, 2.45) is 0 Å². The third-order valence-corrected chi connectivity index (χ3v) is 6.00. The molecule has 0 aromatic heterocycles. The Morgan fingerprint density at radius 3 is 2.41 bits per heavy atom. The Bertz CT molecular complexity index is 857. The van der Waals surface area contributed by atoms with E-state index in [1.807, 2.05) is 4.90 Å². The maximum absolute atomic E-state index is 12.5. The first-order chi connectivity index (χ1) is 14.1. The Hall–Kier alpha value is -2.86. The fraction of sp³-hybridized carbons (Fsp3) is 0.391. The van der Waals surface area contributed by atoms with Gasteiger partial charge in [0.25, 0.3) is 0 Å². The average molecular weight is 393 g/mol. The molecule has 2 amide bonds. The van der Waals surface area contributed by atoms with E-state index in [0.717, 1.165) is 26.2 Å². The number of likely N-dealkylation sites (tertiary alicyclic amines) is 2. The molecule has 2 heterocycles. The number of esters is 1. The van der Waals surface area contributed by atoms with Crippen molar-refractivity contribution in [3.05, 3.63) is 65.7 Å². The second kappa shape index (κ2) is 8.66. The fourth-order valence-corrected chi connectivity index (χ4v) is 4.22. The quantitative estimate of drug-likeness (QED) is 0.807. The average Bonchev–Trinajstić information content (AvgIpc) is 2.73. The van der Waals surface area contributed by atoms with Crippen LogP contribution >= 0.6 is 0 Å². The van der Waals surface area contributed by atoms with Crippen LogP contribution in [0.3, 0.4) is 0 Å². The van der Waals surface area contributed by atoms with Crippen molar-refractivity contribution in [1.82, 2.24) is 9.80 Å². The van der Waals surface area contributed by atoms with Gasteiger partial charge in [0, 0.05) is 24.8 Å². The number of piperidine rings is 1. The number of amides is 2. The smallest absolute Gasteiger partial charge is 0.337 e. The molecule has 6 nitrogen and oxygen atoms in total. The van der Waals surface area contributed by atoms with Gasteiger partial charge in [-0.2, -0.15) is 0 Å². The van der Waals surface area contributed by atoms with Crippen LogP contribution in [0.15, 0.2) is 54.6 Å². The van der Waals surface area contributed by atoms with Gasteiger partial charge in [-0.1, -0.05) is 36.4 Å². The summed E-state index contributed by atoms with van der Waals surface area (Å²) >= 11 is 0. The highest BCUT2D eigenvalue weighted by Gasteiger charge is 2.36. The second-order valence-corrected chi connectivity index (χ2v) is 7.78. The van der Waals surface area contributed by atoms with Crippen LogP contribution in [0.4, 0.5) is 10.5 Å². The maximum Gasteiger partial charge on any atom is 0.337 e. The van der Waals surface area contributed by atoms with Crippen LogP contribution in [0.25, 0.3) is 0 Å². The molecule has 0 radical (unpaired) electrons. The number of carbonyl (C=O) groups excluding carboxylic acids is 2. The third-order valence-electron chi connectivity index (χ3n) is 6.00. The molecule has 0 saturated carbocycles. The van der Waals surface area contributed by atoms with Gasteiger partial charge in [0.15, 0.2) is 0 Å². The number of ether oxygens (including phenoxy) is 1. The van der Waals surface area contributed by atoms with Crippen molar-refractivity contribution in [3.63, 3.8) is 0 Å². The molecule has 2 fully saturated rings. The number of benzene rings is 2. The Morgan fingerprint density at radius 2 is 1.72 bits per heavy atom. The Morgan fingerprint density at radius 1 is 1.00 bits per heavy atom. The van der Waals surface area contributed by atoms with Crippen molar-refractivity contribution >= 4 is 17.7 Å². The van der Waals surface area contributed by atoms with Crippen molar-refractivity contribution < 1.29 is 14.3 Å². The van der Waals surface area contributed by atoms with Crippen LogP contribution in [0, 0.1) is 0 Å². The van der Waals surface area contributed by atoms with E-state index in [0.29, 0.717) is 23.2 Å². The van der Waals surface area contributed by atoms with Gasteiger partial charge < -0.3 is 15.0 Å². The summed E-state index contributed by atoms with van der Waals surface area (Å²) < 4.78 is 4.73. The number of hydrogen-bond donors (Lipinski definition) is 1. The molecule has 6 heteroatoms. The number of anilines is 1. The lowest BCUT2D eigenvalue weighted by Gasteiger charge is -2.47. The van der Waals surface area contributed by atoms with E-state index in [1.54, 1.807) is 24.3 Å². The van der Waals surface area contributed by atoms with E-state index in [9.17, 15) is 9.59 Å². The summed E-state index contributed by atoms with van der Waals surface area (Å²) in [6.45, 7) is 3.67. The van der Waals surface area contributed by atoms with E-state index in [4.69, 9.17) is 4.74 Å². The van der Waals surface area contributed by atoms with Crippen LogP contribution in [0.2, 0.25) is 0 Å². The van der Waals surface area contributed by atoms with Gasteiger partial charge in [0.05, 0.1) is 12.7 Å². The highest BCUT2D eigenvalue weighted by atomic mass is 16.5. The minimum Gasteiger partial charge on any atom is -0.465 e. The van der Waals surface area contributed by atoms with E-state index in [2.05, 4.69) is 40.5 Å². The molecule has 2 aliphatic rings. The summed E-state index contributed by atoms with van der Waals surface area (Å²) in [5.41, 5.74) is 2.47. The number of rotatable bonds is 4. The van der Waals surface area contributed by atoms with E-state index >= 15 is 0 Å². The zero-order valence-electron chi connectivity index (χ0n) is 16.7. The summed E-state index contributed by atoms with van der Waals surface area (Å²) in [6.07, 6.45) is 2.35. The van der Waals surface area contributed by atoms with E-state index < -0.39 is 5.97 Å². The normalized spacial score (nSPS) is 18.2. The Labute approximate surface area is 171 Å². The molecule has 0 bridgehead atoms. The minimum absolute atomic E-state index is 0.123. The van der Waals surface area contributed by atoms with Crippen LogP contribution < -0.4 is 5.32 Å². The molecule has 0 atom stereocenters. The molecule has 0 aliphatic carbocycles. The molecular weight excluding hydrogens is 366 g/mol. The second-order valence-electron chi connectivity index (χ2n) is 7.78. The maximum atomic E-state index is 12.5. The topological polar surface area (TPSA) is 61.9 Å². The molecule has 1 N–H and O–H groups in total. The first kappa shape index (κ1) is 19.5. The Kier molecular flexibility index (Phi) is 5.81. The molecule has 2 aromatic carbocycles. The molecule has 0 spiro atoms. The molecule has 4 rings (SSSR count). The van der Waals surface area contributed by atoms with Crippen LogP contribution in [-0.4, -0.2) is 61.1 Å². The highest BCUT2D eigenvalue weighted by molar-refractivity contribution is 5.94. The minimum atomic E-state index is -0.413. The number of urea groups is 1. The van der Waals surface area contributed by atoms with Gasteiger partial charge in [-0.05, 0) is 55.6 Å². The van der Waals surface area contributed by atoms with Gasteiger partial charge in [0.1, 0.15) is 0 Å². The van der Waals surface area contributed by atoms with Gasteiger partial charge >= 0.3 is 12.0 Å².